The van der Waals surface area contributed by atoms with Crippen LogP contribution in [0.25, 0.3) is 0 Å². The number of anilines is 1. The summed E-state index contributed by atoms with van der Waals surface area (Å²) in [5.41, 5.74) is 2.41. The van der Waals surface area contributed by atoms with E-state index in [-0.39, 0.29) is 5.91 Å². The maximum absolute atomic E-state index is 12.4. The minimum atomic E-state index is -0.156. The minimum Gasteiger partial charge on any atom is -0.489 e. The second-order valence-electron chi connectivity index (χ2n) is 5.88. The normalized spacial score (nSPS) is 10.3. The molecule has 3 rings (SSSR count). The number of amides is 1. The lowest BCUT2D eigenvalue weighted by Gasteiger charge is -2.09. The molecule has 2 aromatic carbocycles. The van der Waals surface area contributed by atoms with Crippen LogP contribution >= 0.6 is 0 Å². The topological polar surface area (TPSA) is 56.1 Å². The quantitative estimate of drug-likeness (QED) is 0.656. The zero-order valence-electron chi connectivity index (χ0n) is 14.7. The SMILES string of the molecule is C=CCOc1cccc(NC(=O)c2ccc(Cn3ccnc3C)cc2)c1. The summed E-state index contributed by atoms with van der Waals surface area (Å²) in [5, 5.41) is 2.89. The molecule has 0 aliphatic heterocycles. The zero-order chi connectivity index (χ0) is 18.4. The van der Waals surface area contributed by atoms with Crippen LogP contribution in [-0.2, 0) is 6.54 Å². The number of aromatic nitrogens is 2. The summed E-state index contributed by atoms with van der Waals surface area (Å²) >= 11 is 0. The molecule has 5 nitrogen and oxygen atoms in total. The molecule has 0 saturated heterocycles. The van der Waals surface area contributed by atoms with E-state index in [2.05, 4.69) is 21.4 Å². The number of ether oxygens (including phenoxy) is 1. The average Bonchev–Trinajstić information content (AvgIpc) is 3.05. The highest BCUT2D eigenvalue weighted by Crippen LogP contribution is 2.18. The van der Waals surface area contributed by atoms with Crippen molar-refractivity contribution in [3.63, 3.8) is 0 Å². The lowest BCUT2D eigenvalue weighted by Crippen LogP contribution is -2.12. The summed E-state index contributed by atoms with van der Waals surface area (Å²) in [7, 11) is 0. The van der Waals surface area contributed by atoms with Gasteiger partial charge in [-0.05, 0) is 36.8 Å². The van der Waals surface area contributed by atoms with Gasteiger partial charge < -0.3 is 14.6 Å². The van der Waals surface area contributed by atoms with E-state index in [0.29, 0.717) is 23.6 Å². The molecular formula is C21H21N3O2. The van der Waals surface area contributed by atoms with Gasteiger partial charge in [0.15, 0.2) is 0 Å². The average molecular weight is 347 g/mol. The number of nitrogens with one attached hydrogen (secondary N) is 1. The molecule has 0 aliphatic rings. The Labute approximate surface area is 153 Å². The Hall–Kier alpha value is -3.34. The monoisotopic (exact) mass is 347 g/mol. The first-order valence-electron chi connectivity index (χ1n) is 8.37. The van der Waals surface area contributed by atoms with Crippen LogP contribution in [0.3, 0.4) is 0 Å². The highest BCUT2D eigenvalue weighted by molar-refractivity contribution is 6.04. The van der Waals surface area contributed by atoms with Crippen molar-refractivity contribution in [3.05, 3.63) is 90.5 Å². The summed E-state index contributed by atoms with van der Waals surface area (Å²) in [6.07, 6.45) is 5.40. The molecule has 0 fully saturated rings. The van der Waals surface area contributed by atoms with Gasteiger partial charge in [-0.1, -0.05) is 30.9 Å². The first kappa shape index (κ1) is 17.5. The zero-order valence-corrected chi connectivity index (χ0v) is 14.7. The van der Waals surface area contributed by atoms with Gasteiger partial charge in [0.05, 0.1) is 0 Å². The summed E-state index contributed by atoms with van der Waals surface area (Å²) in [6.45, 7) is 6.75. The third-order valence-electron chi connectivity index (χ3n) is 3.95. The van der Waals surface area contributed by atoms with Crippen LogP contribution in [0, 0.1) is 6.92 Å². The molecule has 0 saturated carbocycles. The second-order valence-corrected chi connectivity index (χ2v) is 5.88. The van der Waals surface area contributed by atoms with Crippen molar-refractivity contribution in [2.75, 3.05) is 11.9 Å². The Balaban J connectivity index is 1.64. The van der Waals surface area contributed by atoms with Gasteiger partial charge in [0.25, 0.3) is 5.91 Å². The Kier molecular flexibility index (Phi) is 5.49. The molecule has 1 heterocycles. The van der Waals surface area contributed by atoms with Crippen molar-refractivity contribution in [2.45, 2.75) is 13.5 Å². The molecule has 3 aromatic rings. The van der Waals surface area contributed by atoms with Crippen molar-refractivity contribution in [1.82, 2.24) is 9.55 Å². The van der Waals surface area contributed by atoms with Gasteiger partial charge in [-0.2, -0.15) is 0 Å². The first-order valence-corrected chi connectivity index (χ1v) is 8.37. The Morgan fingerprint density at radius 2 is 2.08 bits per heavy atom. The van der Waals surface area contributed by atoms with Crippen LogP contribution in [0.4, 0.5) is 5.69 Å². The van der Waals surface area contributed by atoms with E-state index in [4.69, 9.17) is 4.74 Å². The Morgan fingerprint density at radius 1 is 1.27 bits per heavy atom. The van der Waals surface area contributed by atoms with E-state index in [1.807, 2.05) is 55.6 Å². The van der Waals surface area contributed by atoms with E-state index in [0.717, 1.165) is 17.9 Å². The standard InChI is InChI=1S/C21H21N3O2/c1-3-13-26-20-6-4-5-19(14-20)23-21(25)18-9-7-17(8-10-18)15-24-12-11-22-16(24)2/h3-12,14H,1,13,15H2,2H3,(H,23,25). The molecule has 0 bridgehead atoms. The van der Waals surface area contributed by atoms with Crippen LogP contribution in [0.2, 0.25) is 0 Å². The lowest BCUT2D eigenvalue weighted by molar-refractivity contribution is 0.102. The smallest absolute Gasteiger partial charge is 0.255 e. The summed E-state index contributed by atoms with van der Waals surface area (Å²) in [4.78, 5) is 16.7. The van der Waals surface area contributed by atoms with Crippen molar-refractivity contribution < 1.29 is 9.53 Å². The lowest BCUT2D eigenvalue weighted by atomic mass is 10.1. The number of hydrogen-bond donors (Lipinski definition) is 1. The van der Waals surface area contributed by atoms with Crippen LogP contribution in [0.1, 0.15) is 21.7 Å². The fraction of sp³-hybridized carbons (Fsp3) is 0.143. The van der Waals surface area contributed by atoms with Crippen LogP contribution in [-0.4, -0.2) is 22.1 Å². The molecule has 132 valence electrons. The van der Waals surface area contributed by atoms with E-state index < -0.39 is 0 Å². The fourth-order valence-corrected chi connectivity index (χ4v) is 2.55. The molecule has 0 atom stereocenters. The van der Waals surface area contributed by atoms with Crippen LogP contribution in [0.5, 0.6) is 5.75 Å². The summed E-state index contributed by atoms with van der Waals surface area (Å²) < 4.78 is 7.54. The van der Waals surface area contributed by atoms with Gasteiger partial charge in [-0.25, -0.2) is 4.98 Å². The maximum Gasteiger partial charge on any atom is 0.255 e. The van der Waals surface area contributed by atoms with Gasteiger partial charge in [-0.15, -0.1) is 0 Å². The van der Waals surface area contributed by atoms with Crippen LogP contribution < -0.4 is 10.1 Å². The molecule has 26 heavy (non-hydrogen) atoms. The number of carbonyl (C=O) groups excluding carboxylic acids is 1. The van der Waals surface area contributed by atoms with Gasteiger partial charge >= 0.3 is 0 Å². The third kappa shape index (κ3) is 4.39. The number of aryl methyl sites for hydroxylation is 1. The molecule has 0 spiro atoms. The first-order chi connectivity index (χ1) is 12.7. The Morgan fingerprint density at radius 3 is 2.77 bits per heavy atom. The van der Waals surface area contributed by atoms with Gasteiger partial charge in [0.1, 0.15) is 18.2 Å². The highest BCUT2D eigenvalue weighted by Gasteiger charge is 2.07. The molecule has 1 aromatic heterocycles. The molecule has 1 N–H and O–H groups in total. The number of hydrogen-bond acceptors (Lipinski definition) is 3. The number of carbonyl (C=O) groups is 1. The number of benzene rings is 2. The van der Waals surface area contributed by atoms with Gasteiger partial charge in [0.2, 0.25) is 0 Å². The second kappa shape index (κ2) is 8.16. The van der Waals surface area contributed by atoms with Crippen molar-refractivity contribution in [1.29, 1.82) is 0 Å². The van der Waals surface area contributed by atoms with E-state index in [1.165, 1.54) is 0 Å². The number of rotatable bonds is 7. The van der Waals surface area contributed by atoms with Gasteiger partial charge in [-0.3, -0.25) is 4.79 Å². The molecule has 0 radical (unpaired) electrons. The highest BCUT2D eigenvalue weighted by atomic mass is 16.5. The number of imidazole rings is 1. The molecule has 1 amide bonds. The fourth-order valence-electron chi connectivity index (χ4n) is 2.55. The summed E-state index contributed by atoms with van der Waals surface area (Å²) in [5.74, 6) is 1.50. The maximum atomic E-state index is 12.4. The predicted molar refractivity (Wildman–Crippen MR) is 103 cm³/mol. The third-order valence-corrected chi connectivity index (χ3v) is 3.95. The summed E-state index contributed by atoms with van der Waals surface area (Å²) in [6, 6.07) is 14.9. The van der Waals surface area contributed by atoms with E-state index >= 15 is 0 Å². The van der Waals surface area contributed by atoms with Crippen LogP contribution in [0.15, 0.2) is 73.6 Å². The molecule has 0 aliphatic carbocycles. The van der Waals surface area contributed by atoms with Crippen molar-refractivity contribution >= 4 is 11.6 Å². The minimum absolute atomic E-state index is 0.156. The Bertz CT molecular complexity index is 898. The van der Waals surface area contributed by atoms with Crippen molar-refractivity contribution in [2.24, 2.45) is 0 Å². The van der Waals surface area contributed by atoms with E-state index in [9.17, 15) is 4.79 Å². The molecule has 5 heteroatoms. The molecule has 0 unspecified atom stereocenters. The molecular weight excluding hydrogens is 326 g/mol. The van der Waals surface area contributed by atoms with E-state index in [1.54, 1.807) is 18.3 Å². The predicted octanol–water partition coefficient (Wildman–Crippen LogP) is 4.06. The number of nitrogens with zero attached hydrogens (tertiary/aromatic N) is 2. The van der Waals surface area contributed by atoms with Crippen molar-refractivity contribution in [3.8, 4) is 5.75 Å². The largest absolute Gasteiger partial charge is 0.489 e. The van der Waals surface area contributed by atoms with Gasteiger partial charge in [0, 0.05) is 36.3 Å².